The standard InChI is InChI=1S/C16H36IP/c1-13(2)9-18(17,10-14(3)4,11-15(5)6)12-16(7)8/h13-16H,9-12H2,1-8H3. The van der Waals surface area contributed by atoms with E-state index in [9.17, 15) is 0 Å². The summed E-state index contributed by atoms with van der Waals surface area (Å²) in [6.45, 7) is 19.3. The van der Waals surface area contributed by atoms with Gasteiger partial charge in [-0.25, -0.2) is 0 Å². The molecule has 0 aromatic heterocycles. The summed E-state index contributed by atoms with van der Waals surface area (Å²) in [5, 5.41) is 0. The van der Waals surface area contributed by atoms with Crippen LogP contribution in [0.2, 0.25) is 0 Å². The maximum atomic E-state index is 3.00. The van der Waals surface area contributed by atoms with E-state index in [1.165, 1.54) is 24.6 Å². The van der Waals surface area contributed by atoms with Gasteiger partial charge >= 0.3 is 130 Å². The van der Waals surface area contributed by atoms with E-state index in [4.69, 9.17) is 0 Å². The van der Waals surface area contributed by atoms with E-state index in [0.717, 1.165) is 23.7 Å². The molecule has 0 spiro atoms. The number of hydrogen-bond donors (Lipinski definition) is 0. The molecule has 0 saturated heterocycles. The van der Waals surface area contributed by atoms with Gasteiger partial charge in [-0.3, -0.25) is 0 Å². The number of hydrogen-bond acceptors (Lipinski definition) is 0. The Morgan fingerprint density at radius 1 is 0.556 bits per heavy atom. The van der Waals surface area contributed by atoms with E-state index in [-0.39, 0.29) is 0 Å². The molecular formula is C16H36IP. The van der Waals surface area contributed by atoms with Crippen molar-refractivity contribution in [3.8, 4) is 0 Å². The molecule has 0 heterocycles. The third kappa shape index (κ3) is 7.08. The molecule has 0 aliphatic heterocycles. The van der Waals surface area contributed by atoms with Gasteiger partial charge in [0, 0.05) is 0 Å². The topological polar surface area (TPSA) is 0 Å². The summed E-state index contributed by atoms with van der Waals surface area (Å²) < 4.78 is -1.56. The van der Waals surface area contributed by atoms with Gasteiger partial charge in [-0.2, -0.15) is 0 Å². The molecule has 0 aromatic rings. The van der Waals surface area contributed by atoms with Gasteiger partial charge in [-0.05, 0) is 0 Å². The van der Waals surface area contributed by atoms with Gasteiger partial charge in [0.1, 0.15) is 0 Å². The van der Waals surface area contributed by atoms with Gasteiger partial charge in [0.2, 0.25) is 0 Å². The first kappa shape index (κ1) is 19.2. The zero-order valence-corrected chi connectivity index (χ0v) is 17.0. The van der Waals surface area contributed by atoms with E-state index in [2.05, 4.69) is 77.4 Å². The summed E-state index contributed by atoms with van der Waals surface area (Å²) in [4.78, 5) is 0. The van der Waals surface area contributed by atoms with Gasteiger partial charge in [0.25, 0.3) is 0 Å². The van der Waals surface area contributed by atoms with Gasteiger partial charge in [-0.1, -0.05) is 0 Å². The second-order valence-corrected chi connectivity index (χ2v) is 21.4. The fourth-order valence-corrected chi connectivity index (χ4v) is 21.7. The van der Waals surface area contributed by atoms with Crippen molar-refractivity contribution in [1.29, 1.82) is 0 Å². The van der Waals surface area contributed by atoms with E-state index >= 15 is 0 Å². The molecule has 2 heteroatoms. The molecule has 112 valence electrons. The van der Waals surface area contributed by atoms with E-state index in [1.54, 1.807) is 0 Å². The number of rotatable bonds is 8. The first-order chi connectivity index (χ1) is 7.96. The van der Waals surface area contributed by atoms with Crippen LogP contribution in [0.15, 0.2) is 0 Å². The fraction of sp³-hybridized carbons (Fsp3) is 1.00. The van der Waals surface area contributed by atoms with E-state index < -0.39 is 4.25 Å². The second-order valence-electron chi connectivity index (χ2n) is 8.13. The molecule has 0 aromatic carbocycles. The first-order valence-electron chi connectivity index (χ1n) is 7.69. The molecule has 0 amide bonds. The van der Waals surface area contributed by atoms with Crippen LogP contribution in [0.4, 0.5) is 0 Å². The Morgan fingerprint density at radius 2 is 0.722 bits per heavy atom. The Labute approximate surface area is 129 Å². The molecular weight excluding hydrogens is 350 g/mol. The minimum absolute atomic E-state index is 0.843. The summed E-state index contributed by atoms with van der Waals surface area (Å²) in [6, 6.07) is 0. The molecule has 0 unspecified atom stereocenters. The van der Waals surface area contributed by atoms with Crippen molar-refractivity contribution in [2.24, 2.45) is 23.7 Å². The fourth-order valence-electron chi connectivity index (χ4n) is 4.10. The molecule has 0 aliphatic rings. The summed E-state index contributed by atoms with van der Waals surface area (Å²) in [6.07, 6.45) is 5.95. The monoisotopic (exact) mass is 386 g/mol. The average Bonchev–Trinajstić information content (AvgIpc) is 1.92. The van der Waals surface area contributed by atoms with Crippen LogP contribution in [0, 0.1) is 23.7 Å². The van der Waals surface area contributed by atoms with Crippen molar-refractivity contribution in [3.63, 3.8) is 0 Å². The maximum absolute atomic E-state index is 3.00. The molecule has 0 N–H and O–H groups in total. The SMILES string of the molecule is CC(C)CP(I)(CC(C)C)(CC(C)C)CC(C)C. The molecule has 0 bridgehead atoms. The van der Waals surface area contributed by atoms with Gasteiger partial charge < -0.3 is 0 Å². The molecule has 0 rings (SSSR count). The van der Waals surface area contributed by atoms with Crippen molar-refractivity contribution in [2.45, 2.75) is 55.4 Å². The summed E-state index contributed by atoms with van der Waals surface area (Å²) in [7, 11) is 0. The van der Waals surface area contributed by atoms with Crippen LogP contribution in [0.25, 0.3) is 0 Å². The van der Waals surface area contributed by atoms with Crippen LogP contribution in [-0.4, -0.2) is 24.6 Å². The normalized spacial score (nSPS) is 15.7. The van der Waals surface area contributed by atoms with Crippen molar-refractivity contribution in [2.75, 3.05) is 24.6 Å². The van der Waals surface area contributed by atoms with Crippen molar-refractivity contribution >= 4 is 26.3 Å². The Balaban J connectivity index is 5.35. The molecule has 0 aliphatic carbocycles. The van der Waals surface area contributed by atoms with E-state index in [1.807, 2.05) is 0 Å². The van der Waals surface area contributed by atoms with E-state index in [0.29, 0.717) is 0 Å². The predicted molar refractivity (Wildman–Crippen MR) is 99.8 cm³/mol. The van der Waals surface area contributed by atoms with Crippen LogP contribution >= 0.6 is 26.3 Å². The van der Waals surface area contributed by atoms with Crippen LogP contribution in [0.3, 0.4) is 0 Å². The van der Waals surface area contributed by atoms with Crippen LogP contribution in [0.5, 0.6) is 0 Å². The summed E-state index contributed by atoms with van der Waals surface area (Å²) >= 11 is 3.00. The Kier molecular flexibility index (Phi) is 7.72. The van der Waals surface area contributed by atoms with Crippen molar-refractivity contribution < 1.29 is 0 Å². The van der Waals surface area contributed by atoms with Gasteiger partial charge in [0.15, 0.2) is 0 Å². The molecule has 0 saturated carbocycles. The first-order valence-corrected chi connectivity index (χ1v) is 13.4. The van der Waals surface area contributed by atoms with Crippen molar-refractivity contribution in [1.82, 2.24) is 0 Å². The summed E-state index contributed by atoms with van der Waals surface area (Å²) in [5.74, 6) is 3.37. The second kappa shape index (κ2) is 7.25. The van der Waals surface area contributed by atoms with Gasteiger partial charge in [0.05, 0.1) is 0 Å². The minimum atomic E-state index is -1.56. The van der Waals surface area contributed by atoms with Gasteiger partial charge in [-0.15, -0.1) is 0 Å². The predicted octanol–water partition coefficient (Wildman–Crippen LogP) is 6.51. The quantitative estimate of drug-likeness (QED) is 0.329. The summed E-state index contributed by atoms with van der Waals surface area (Å²) in [5.41, 5.74) is 0. The Bertz CT molecular complexity index is 192. The van der Waals surface area contributed by atoms with Crippen molar-refractivity contribution in [3.05, 3.63) is 0 Å². The molecule has 0 radical (unpaired) electrons. The molecule has 0 atom stereocenters. The molecule has 18 heavy (non-hydrogen) atoms. The zero-order valence-electron chi connectivity index (χ0n) is 14.0. The zero-order chi connectivity index (χ0) is 14.6. The van der Waals surface area contributed by atoms with Crippen LogP contribution < -0.4 is 0 Å². The Hall–Kier alpha value is 1.16. The number of halogens is 1. The third-order valence-electron chi connectivity index (χ3n) is 3.29. The average molecular weight is 386 g/mol. The Morgan fingerprint density at radius 3 is 0.833 bits per heavy atom. The molecule has 0 fully saturated rings. The third-order valence-corrected chi connectivity index (χ3v) is 14.6. The van der Waals surface area contributed by atoms with Crippen LogP contribution in [-0.2, 0) is 0 Å². The molecule has 0 nitrogen and oxygen atoms in total. The van der Waals surface area contributed by atoms with Crippen LogP contribution in [0.1, 0.15) is 55.4 Å².